The summed E-state index contributed by atoms with van der Waals surface area (Å²) in [6.45, 7) is 0. The van der Waals surface area contributed by atoms with Crippen molar-refractivity contribution in [3.05, 3.63) is 73.0 Å². The molecule has 0 aromatic carbocycles. The van der Waals surface area contributed by atoms with Gasteiger partial charge in [0.1, 0.15) is 19.6 Å². The summed E-state index contributed by atoms with van der Waals surface area (Å²) in [4.78, 5) is 7.98. The molecule has 4 aromatic heterocycles. The first-order valence-electron chi connectivity index (χ1n) is 7.53. The second-order valence-electron chi connectivity index (χ2n) is 4.87. The van der Waals surface area contributed by atoms with E-state index in [1.807, 2.05) is 48.5 Å². The highest BCUT2D eigenvalue weighted by molar-refractivity contribution is 9.11. The molecule has 32 heavy (non-hydrogen) atoms. The number of nitrogens with two attached hydrogens (primary N) is 2. The van der Waals surface area contributed by atoms with E-state index in [0.717, 1.165) is 24.1 Å². The van der Waals surface area contributed by atoms with Crippen LogP contribution in [0.5, 0.6) is 0 Å². The SMILES string of the molecule is Brc1cccc(Br)n1.C.C.C.C.NNc1cccc(Br)n1.Nc1nnc2cccc(Br)n12. The van der Waals surface area contributed by atoms with Gasteiger partial charge >= 0.3 is 0 Å². The Bertz CT molecular complexity index is 1030. The van der Waals surface area contributed by atoms with Gasteiger partial charge in [-0.1, -0.05) is 47.9 Å². The molecule has 12 heteroatoms. The highest BCUT2D eigenvalue weighted by atomic mass is 79.9. The molecule has 4 rings (SSSR count). The van der Waals surface area contributed by atoms with E-state index in [1.165, 1.54) is 0 Å². The van der Waals surface area contributed by atoms with Crippen molar-refractivity contribution < 1.29 is 0 Å². The number of fused-ring (bicyclic) bond motifs is 1. The van der Waals surface area contributed by atoms with Crippen molar-refractivity contribution in [3.8, 4) is 0 Å². The quantitative estimate of drug-likeness (QED) is 0.108. The number of nitrogen functional groups attached to an aromatic ring is 2. The van der Waals surface area contributed by atoms with Crippen molar-refractivity contribution in [2.24, 2.45) is 5.84 Å². The molecule has 0 bridgehead atoms. The summed E-state index contributed by atoms with van der Waals surface area (Å²) >= 11 is 13.0. The van der Waals surface area contributed by atoms with E-state index >= 15 is 0 Å². The van der Waals surface area contributed by atoms with Crippen molar-refractivity contribution in [3.63, 3.8) is 0 Å². The van der Waals surface area contributed by atoms with Crippen molar-refractivity contribution in [1.82, 2.24) is 24.6 Å². The van der Waals surface area contributed by atoms with E-state index < -0.39 is 0 Å². The Hall–Kier alpha value is -1.60. The Morgan fingerprint density at radius 2 is 1.19 bits per heavy atom. The van der Waals surface area contributed by atoms with E-state index in [9.17, 15) is 0 Å². The van der Waals surface area contributed by atoms with Crippen LogP contribution in [0.3, 0.4) is 0 Å². The zero-order valence-corrected chi connectivity index (χ0v) is 20.4. The minimum Gasteiger partial charge on any atom is -0.368 e. The molecule has 4 aromatic rings. The predicted octanol–water partition coefficient (Wildman–Crippen LogP) is 7.35. The molecule has 0 saturated heterocycles. The maximum Gasteiger partial charge on any atom is 0.227 e. The van der Waals surface area contributed by atoms with Gasteiger partial charge in [-0.3, -0.25) is 4.40 Å². The Morgan fingerprint density at radius 3 is 1.59 bits per heavy atom. The zero-order valence-electron chi connectivity index (χ0n) is 14.1. The van der Waals surface area contributed by atoms with Crippen LogP contribution in [-0.4, -0.2) is 24.6 Å². The Kier molecular flexibility index (Phi) is 19.6. The first kappa shape index (κ1) is 35.0. The first-order chi connectivity index (χ1) is 13.4. The molecule has 0 radical (unpaired) electrons. The van der Waals surface area contributed by atoms with Crippen LogP contribution in [0, 0.1) is 0 Å². The standard InChI is InChI=1S/C6H5BrN4.C5H3Br2N.C5H6BrN3.4CH4/c7-4-2-1-3-5-9-10-6(8)11(4)5;6-4-2-1-3-5(7)8-4;6-4-2-1-3-5(8-4)9-7;;;;/h1-3H,(H2,8,10);1-3H;1-3H,7H2,(H,8,9);4*1H4. The summed E-state index contributed by atoms with van der Waals surface area (Å²) < 4.78 is 5.06. The van der Waals surface area contributed by atoms with E-state index in [4.69, 9.17) is 11.6 Å². The molecule has 178 valence electrons. The largest absolute Gasteiger partial charge is 0.368 e. The molecular formula is C20H30Br4N8. The van der Waals surface area contributed by atoms with Gasteiger partial charge in [0.2, 0.25) is 5.95 Å². The van der Waals surface area contributed by atoms with Crippen LogP contribution in [0.25, 0.3) is 5.65 Å². The van der Waals surface area contributed by atoms with Crippen LogP contribution in [0.4, 0.5) is 11.8 Å². The van der Waals surface area contributed by atoms with Crippen molar-refractivity contribution in [1.29, 1.82) is 0 Å². The van der Waals surface area contributed by atoms with Gasteiger partial charge in [-0.2, -0.15) is 0 Å². The monoisotopic (exact) mass is 698 g/mol. The van der Waals surface area contributed by atoms with Gasteiger partial charge in [-0.25, -0.2) is 15.8 Å². The van der Waals surface area contributed by atoms with Crippen LogP contribution in [-0.2, 0) is 0 Å². The van der Waals surface area contributed by atoms with Crippen LogP contribution in [0.1, 0.15) is 29.7 Å². The number of pyridine rings is 3. The molecular weight excluding hydrogens is 672 g/mol. The number of nitrogens with one attached hydrogen (secondary N) is 1. The second-order valence-corrected chi connectivity index (χ2v) is 8.12. The molecule has 0 aliphatic rings. The van der Waals surface area contributed by atoms with E-state index in [0.29, 0.717) is 11.8 Å². The summed E-state index contributed by atoms with van der Waals surface area (Å²) in [6.07, 6.45) is 0. The topological polar surface area (TPSA) is 120 Å². The molecule has 4 heterocycles. The summed E-state index contributed by atoms with van der Waals surface area (Å²) in [6, 6.07) is 16.8. The smallest absolute Gasteiger partial charge is 0.227 e. The van der Waals surface area contributed by atoms with Crippen molar-refractivity contribution in [2.75, 3.05) is 11.2 Å². The predicted molar refractivity (Wildman–Crippen MR) is 151 cm³/mol. The van der Waals surface area contributed by atoms with Crippen LogP contribution in [0.15, 0.2) is 73.0 Å². The maximum atomic E-state index is 5.54. The summed E-state index contributed by atoms with van der Waals surface area (Å²) in [5.41, 5.74) is 8.71. The highest BCUT2D eigenvalue weighted by Crippen LogP contribution is 2.14. The molecule has 0 spiro atoms. The van der Waals surface area contributed by atoms with Crippen LogP contribution >= 0.6 is 63.7 Å². The lowest BCUT2D eigenvalue weighted by atomic mass is 10.5. The van der Waals surface area contributed by atoms with Crippen molar-refractivity contribution in [2.45, 2.75) is 29.7 Å². The minimum absolute atomic E-state index is 0. The number of nitrogens with zero attached hydrogens (tertiary/aromatic N) is 5. The fraction of sp³-hybridized carbons (Fsp3) is 0.200. The fourth-order valence-corrected chi connectivity index (χ4v) is 3.58. The van der Waals surface area contributed by atoms with Gasteiger partial charge in [-0.15, -0.1) is 10.2 Å². The Labute approximate surface area is 224 Å². The number of halogens is 4. The van der Waals surface area contributed by atoms with Gasteiger partial charge in [0.25, 0.3) is 0 Å². The normalized spacial score (nSPS) is 8.53. The lowest BCUT2D eigenvalue weighted by molar-refractivity contribution is 1.11. The highest BCUT2D eigenvalue weighted by Gasteiger charge is 2.02. The van der Waals surface area contributed by atoms with E-state index in [2.05, 4.69) is 89.3 Å². The summed E-state index contributed by atoms with van der Waals surface area (Å²) in [5, 5.41) is 7.55. The third-order valence-corrected chi connectivity index (χ3v) is 4.89. The Balaban J connectivity index is -0.000000376. The molecule has 0 aliphatic heterocycles. The maximum absolute atomic E-state index is 5.54. The third-order valence-electron chi connectivity index (χ3n) is 2.95. The van der Waals surface area contributed by atoms with Crippen LogP contribution < -0.4 is 17.0 Å². The molecule has 0 saturated carbocycles. The minimum atomic E-state index is 0. The molecule has 0 unspecified atom stereocenters. The fourth-order valence-electron chi connectivity index (χ4n) is 1.80. The van der Waals surface area contributed by atoms with Gasteiger partial charge in [0, 0.05) is 0 Å². The van der Waals surface area contributed by atoms with Gasteiger partial charge in [0.15, 0.2) is 5.65 Å². The average molecular weight is 702 g/mol. The molecule has 5 N–H and O–H groups in total. The lowest BCUT2D eigenvalue weighted by Gasteiger charge is -1.95. The van der Waals surface area contributed by atoms with Crippen molar-refractivity contribution >= 4 is 81.1 Å². The molecule has 0 amide bonds. The molecule has 0 atom stereocenters. The number of hydrogen-bond donors (Lipinski definition) is 3. The number of hydrogen-bond acceptors (Lipinski definition) is 7. The van der Waals surface area contributed by atoms with Crippen LogP contribution in [0.2, 0.25) is 0 Å². The first-order valence-corrected chi connectivity index (χ1v) is 10.7. The molecule has 0 fully saturated rings. The summed E-state index contributed by atoms with van der Waals surface area (Å²) in [5.74, 6) is 6.14. The lowest BCUT2D eigenvalue weighted by Crippen LogP contribution is -2.07. The zero-order chi connectivity index (χ0) is 20.5. The van der Waals surface area contributed by atoms with Gasteiger partial charge in [-0.05, 0) is 100 Å². The number of anilines is 2. The van der Waals surface area contributed by atoms with E-state index in [1.54, 1.807) is 10.5 Å². The molecule has 0 aliphatic carbocycles. The number of rotatable bonds is 1. The molecule has 8 nitrogen and oxygen atoms in total. The average Bonchev–Trinajstić information content (AvgIpc) is 3.05. The Morgan fingerprint density at radius 1 is 0.688 bits per heavy atom. The summed E-state index contributed by atoms with van der Waals surface area (Å²) in [7, 11) is 0. The van der Waals surface area contributed by atoms with Gasteiger partial charge < -0.3 is 11.2 Å². The van der Waals surface area contributed by atoms with Gasteiger partial charge in [0.05, 0.1) is 4.60 Å². The second kappa shape index (κ2) is 17.9. The van der Waals surface area contributed by atoms with E-state index in [-0.39, 0.29) is 29.7 Å². The number of hydrazine groups is 1. The third kappa shape index (κ3) is 11.3. The number of aromatic nitrogens is 5.